The molecule has 1 atom stereocenters. The minimum Gasteiger partial charge on any atom is -0.310 e. The zero-order valence-electron chi connectivity index (χ0n) is 11.0. The summed E-state index contributed by atoms with van der Waals surface area (Å²) < 4.78 is 1.80. The van der Waals surface area contributed by atoms with Crippen molar-refractivity contribution in [3.05, 3.63) is 12.3 Å². The van der Waals surface area contributed by atoms with Crippen LogP contribution in [0.15, 0.2) is 12.3 Å². The molecule has 5 nitrogen and oxygen atoms in total. The van der Waals surface area contributed by atoms with E-state index in [0.29, 0.717) is 0 Å². The van der Waals surface area contributed by atoms with E-state index < -0.39 is 0 Å². The van der Waals surface area contributed by atoms with E-state index in [4.69, 9.17) is 0 Å². The van der Waals surface area contributed by atoms with Crippen molar-refractivity contribution < 1.29 is 4.79 Å². The Morgan fingerprint density at radius 2 is 2.18 bits per heavy atom. The van der Waals surface area contributed by atoms with Gasteiger partial charge in [0.15, 0.2) is 0 Å². The van der Waals surface area contributed by atoms with Gasteiger partial charge in [-0.2, -0.15) is 5.10 Å². The molecule has 0 saturated carbocycles. The zero-order chi connectivity index (χ0) is 12.8. The van der Waals surface area contributed by atoms with Gasteiger partial charge in [0.2, 0.25) is 5.91 Å². The van der Waals surface area contributed by atoms with E-state index in [1.54, 1.807) is 10.9 Å². The first-order valence-electron chi connectivity index (χ1n) is 6.14. The molecule has 0 aliphatic carbocycles. The molecule has 2 N–H and O–H groups in total. The van der Waals surface area contributed by atoms with Gasteiger partial charge in [0.1, 0.15) is 5.82 Å². The van der Waals surface area contributed by atoms with Crippen LogP contribution in [0.2, 0.25) is 0 Å². The highest BCUT2D eigenvalue weighted by Crippen LogP contribution is 2.13. The molecule has 17 heavy (non-hydrogen) atoms. The highest BCUT2D eigenvalue weighted by molar-refractivity contribution is 5.93. The van der Waals surface area contributed by atoms with Crippen molar-refractivity contribution in [2.24, 2.45) is 0 Å². The van der Waals surface area contributed by atoms with Gasteiger partial charge in [0.25, 0.3) is 0 Å². The molecule has 0 spiro atoms. The molecule has 0 bridgehead atoms. The van der Waals surface area contributed by atoms with Crippen LogP contribution in [0.4, 0.5) is 5.82 Å². The minimum absolute atomic E-state index is 0.0270. The first kappa shape index (κ1) is 13.7. The van der Waals surface area contributed by atoms with Crippen LogP contribution in [-0.4, -0.2) is 28.3 Å². The van der Waals surface area contributed by atoms with E-state index >= 15 is 0 Å². The molecule has 96 valence electrons. The predicted octanol–water partition coefficient (Wildman–Crippen LogP) is 1.79. The lowest BCUT2D eigenvalue weighted by Crippen LogP contribution is -2.38. The van der Waals surface area contributed by atoms with Gasteiger partial charge in [-0.15, -0.1) is 0 Å². The van der Waals surface area contributed by atoms with Gasteiger partial charge in [0.05, 0.1) is 12.2 Å². The molecular weight excluding hydrogens is 216 g/mol. The highest BCUT2D eigenvalue weighted by Gasteiger charge is 2.14. The third-order valence-corrected chi connectivity index (χ3v) is 2.50. The van der Waals surface area contributed by atoms with Crippen LogP contribution < -0.4 is 10.6 Å². The number of rotatable bonds is 6. The average Bonchev–Trinajstić information content (AvgIpc) is 2.73. The van der Waals surface area contributed by atoms with Crippen molar-refractivity contribution in [1.29, 1.82) is 0 Å². The molecule has 1 aromatic heterocycles. The second kappa shape index (κ2) is 6.39. The largest absolute Gasteiger partial charge is 0.310 e. The maximum absolute atomic E-state index is 11.9. The van der Waals surface area contributed by atoms with Crippen LogP contribution in [0, 0.1) is 0 Å². The molecule has 1 rings (SSSR count). The number of anilines is 1. The van der Waals surface area contributed by atoms with Crippen LogP contribution in [0.5, 0.6) is 0 Å². The fraction of sp³-hybridized carbons (Fsp3) is 0.667. The van der Waals surface area contributed by atoms with E-state index in [1.807, 2.05) is 26.8 Å². The lowest BCUT2D eigenvalue weighted by atomic mass is 10.3. The number of carbonyl (C=O) groups is 1. The SMILES string of the molecule is CCCNC(C)C(=O)Nc1ccnn1C(C)C. The second-order valence-electron chi connectivity index (χ2n) is 4.42. The summed E-state index contributed by atoms with van der Waals surface area (Å²) in [6.45, 7) is 8.84. The maximum Gasteiger partial charge on any atom is 0.242 e. The molecule has 0 radical (unpaired) electrons. The number of carbonyl (C=O) groups excluding carboxylic acids is 1. The fourth-order valence-electron chi connectivity index (χ4n) is 1.51. The molecule has 0 aromatic carbocycles. The predicted molar refractivity (Wildman–Crippen MR) is 69.0 cm³/mol. The number of nitrogens with one attached hydrogen (secondary N) is 2. The van der Waals surface area contributed by atoms with E-state index in [-0.39, 0.29) is 18.0 Å². The van der Waals surface area contributed by atoms with Gasteiger partial charge < -0.3 is 10.6 Å². The van der Waals surface area contributed by atoms with Gasteiger partial charge in [-0.1, -0.05) is 6.92 Å². The smallest absolute Gasteiger partial charge is 0.242 e. The molecule has 1 aromatic rings. The van der Waals surface area contributed by atoms with Gasteiger partial charge in [-0.3, -0.25) is 4.79 Å². The molecule has 1 amide bonds. The second-order valence-corrected chi connectivity index (χ2v) is 4.42. The maximum atomic E-state index is 11.9. The third kappa shape index (κ3) is 3.85. The molecule has 0 fully saturated rings. The Balaban J connectivity index is 2.58. The lowest BCUT2D eigenvalue weighted by Gasteiger charge is -2.15. The van der Waals surface area contributed by atoms with Crippen LogP contribution in [0.1, 0.15) is 40.2 Å². The first-order valence-corrected chi connectivity index (χ1v) is 6.14. The molecule has 0 aliphatic heterocycles. The minimum atomic E-state index is -0.189. The summed E-state index contributed by atoms with van der Waals surface area (Å²) in [6, 6.07) is 1.86. The quantitative estimate of drug-likeness (QED) is 0.794. The molecule has 0 saturated heterocycles. The summed E-state index contributed by atoms with van der Waals surface area (Å²) >= 11 is 0. The summed E-state index contributed by atoms with van der Waals surface area (Å²) in [5.41, 5.74) is 0. The van der Waals surface area contributed by atoms with E-state index in [1.165, 1.54) is 0 Å². The number of nitrogens with zero attached hydrogens (tertiary/aromatic N) is 2. The number of amides is 1. The Hall–Kier alpha value is -1.36. The Morgan fingerprint density at radius 1 is 1.47 bits per heavy atom. The highest BCUT2D eigenvalue weighted by atomic mass is 16.2. The first-order chi connectivity index (χ1) is 8.06. The van der Waals surface area contributed by atoms with Crippen molar-refractivity contribution in [3.63, 3.8) is 0 Å². The number of hydrogen-bond donors (Lipinski definition) is 2. The van der Waals surface area contributed by atoms with Gasteiger partial charge in [0, 0.05) is 12.1 Å². The van der Waals surface area contributed by atoms with Crippen LogP contribution in [0.3, 0.4) is 0 Å². The standard InChI is InChI=1S/C12H22N4O/c1-5-7-13-10(4)12(17)15-11-6-8-14-16(11)9(2)3/h6,8-10,13H,5,7H2,1-4H3,(H,15,17). The van der Waals surface area contributed by atoms with Crippen molar-refractivity contribution >= 4 is 11.7 Å². The monoisotopic (exact) mass is 238 g/mol. The fourth-order valence-corrected chi connectivity index (χ4v) is 1.51. The third-order valence-electron chi connectivity index (χ3n) is 2.50. The van der Waals surface area contributed by atoms with Crippen molar-refractivity contribution in [1.82, 2.24) is 15.1 Å². The molecule has 1 unspecified atom stereocenters. The van der Waals surface area contributed by atoms with Crippen molar-refractivity contribution in [2.75, 3.05) is 11.9 Å². The number of aromatic nitrogens is 2. The summed E-state index contributed by atoms with van der Waals surface area (Å²) in [6.07, 6.45) is 2.71. The van der Waals surface area contributed by atoms with Crippen LogP contribution in [0.25, 0.3) is 0 Å². The summed E-state index contributed by atoms with van der Waals surface area (Å²) in [4.78, 5) is 11.9. The Labute approximate surface area is 103 Å². The van der Waals surface area contributed by atoms with Crippen LogP contribution in [-0.2, 0) is 4.79 Å². The Kier molecular flexibility index (Phi) is 5.15. The summed E-state index contributed by atoms with van der Waals surface area (Å²) in [5.74, 6) is 0.719. The average molecular weight is 238 g/mol. The Morgan fingerprint density at radius 3 is 2.76 bits per heavy atom. The molecule has 0 aliphatic rings. The topological polar surface area (TPSA) is 59.0 Å². The molecule has 1 heterocycles. The van der Waals surface area contributed by atoms with E-state index in [0.717, 1.165) is 18.8 Å². The normalized spacial score (nSPS) is 12.8. The lowest BCUT2D eigenvalue weighted by molar-refractivity contribution is -0.117. The number of hydrogen-bond acceptors (Lipinski definition) is 3. The molecule has 5 heteroatoms. The van der Waals surface area contributed by atoms with Crippen molar-refractivity contribution in [2.45, 2.75) is 46.2 Å². The molecular formula is C12H22N4O. The van der Waals surface area contributed by atoms with E-state index in [9.17, 15) is 4.79 Å². The zero-order valence-corrected chi connectivity index (χ0v) is 11.0. The van der Waals surface area contributed by atoms with Crippen LogP contribution >= 0.6 is 0 Å². The van der Waals surface area contributed by atoms with Gasteiger partial charge >= 0.3 is 0 Å². The summed E-state index contributed by atoms with van der Waals surface area (Å²) in [7, 11) is 0. The van der Waals surface area contributed by atoms with E-state index in [2.05, 4.69) is 22.7 Å². The summed E-state index contributed by atoms with van der Waals surface area (Å²) in [5, 5.41) is 10.2. The van der Waals surface area contributed by atoms with Gasteiger partial charge in [-0.05, 0) is 33.7 Å². The Bertz CT molecular complexity index is 359. The van der Waals surface area contributed by atoms with Crippen molar-refractivity contribution in [3.8, 4) is 0 Å². The van der Waals surface area contributed by atoms with Gasteiger partial charge in [-0.25, -0.2) is 4.68 Å².